The third-order valence-electron chi connectivity index (χ3n) is 6.81. The lowest BCUT2D eigenvalue weighted by Crippen LogP contribution is -2.58. The molecule has 0 radical (unpaired) electrons. The van der Waals surface area contributed by atoms with E-state index in [1.165, 1.54) is 36.8 Å². The van der Waals surface area contributed by atoms with Gasteiger partial charge in [-0.15, -0.1) is 0 Å². The van der Waals surface area contributed by atoms with Gasteiger partial charge in [0.2, 0.25) is 0 Å². The highest BCUT2D eigenvalue weighted by atomic mass is 16.5. The monoisotopic (exact) mass is 308 g/mol. The molecule has 0 N–H and O–H groups in total. The Morgan fingerprint density at radius 2 is 2.26 bits per heavy atom. The third kappa shape index (κ3) is 1.72. The number of benzene rings is 1. The molecule has 1 saturated carbocycles. The molecule has 3 heteroatoms. The second kappa shape index (κ2) is 4.70. The second-order valence-corrected chi connectivity index (χ2v) is 7.51. The van der Waals surface area contributed by atoms with Gasteiger partial charge in [-0.25, -0.2) is 0 Å². The number of methoxy groups -OCH3 is 1. The summed E-state index contributed by atoms with van der Waals surface area (Å²) in [6.45, 7) is 3.68. The molecule has 1 spiro atoms. The summed E-state index contributed by atoms with van der Waals surface area (Å²) in [5, 5.41) is 1.26. The van der Waals surface area contributed by atoms with Crippen LogP contribution in [-0.4, -0.2) is 35.1 Å². The Hall–Kier alpha value is -1.61. The number of aromatic nitrogens is 1. The van der Waals surface area contributed by atoms with Gasteiger partial charge < -0.3 is 4.74 Å². The number of ether oxygens (including phenoxy) is 1. The van der Waals surface area contributed by atoms with Crippen LogP contribution in [0, 0.1) is 11.8 Å². The highest BCUT2D eigenvalue weighted by molar-refractivity contribution is 5.83. The van der Waals surface area contributed by atoms with E-state index in [2.05, 4.69) is 35.0 Å². The standard InChI is InChI=1S/C20H24N2O/c1-3-17-18-7-9-22-14(12-20(17,18)22)10-13-6-8-21-19-5-4-15(23-2)11-16(13)19/h4-6,8,11,14,17-18H,3,7,9-10,12H2,1-2H3/t14-,17?,18?,20?/m1/s1. The van der Waals surface area contributed by atoms with E-state index in [0.29, 0.717) is 5.54 Å². The van der Waals surface area contributed by atoms with Crippen molar-refractivity contribution in [2.45, 2.75) is 44.2 Å². The molecule has 1 aliphatic carbocycles. The zero-order valence-electron chi connectivity index (χ0n) is 14.0. The number of hydrogen-bond donors (Lipinski definition) is 0. The summed E-state index contributed by atoms with van der Waals surface area (Å²) in [7, 11) is 1.73. The maximum atomic E-state index is 5.41. The Morgan fingerprint density at radius 3 is 3.04 bits per heavy atom. The summed E-state index contributed by atoms with van der Waals surface area (Å²) in [4.78, 5) is 7.34. The molecule has 5 rings (SSSR count). The molecule has 3 nitrogen and oxygen atoms in total. The van der Waals surface area contributed by atoms with E-state index in [1.54, 1.807) is 7.11 Å². The van der Waals surface area contributed by atoms with Gasteiger partial charge in [0.15, 0.2) is 0 Å². The van der Waals surface area contributed by atoms with Crippen molar-refractivity contribution in [1.82, 2.24) is 9.88 Å². The Kier molecular flexibility index (Phi) is 2.82. The molecule has 0 amide bonds. The van der Waals surface area contributed by atoms with E-state index in [4.69, 9.17) is 4.74 Å². The zero-order valence-corrected chi connectivity index (χ0v) is 14.0. The van der Waals surface area contributed by atoms with Crippen LogP contribution >= 0.6 is 0 Å². The van der Waals surface area contributed by atoms with Crippen LogP contribution in [0.15, 0.2) is 30.5 Å². The molecule has 120 valence electrons. The van der Waals surface area contributed by atoms with Crippen LogP contribution in [0.1, 0.15) is 31.7 Å². The molecule has 0 bridgehead atoms. The highest BCUT2D eigenvalue weighted by Crippen LogP contribution is 2.70. The molecule has 4 atom stereocenters. The lowest BCUT2D eigenvalue weighted by Gasteiger charge is -2.49. The summed E-state index contributed by atoms with van der Waals surface area (Å²) in [5.74, 6) is 2.92. The quantitative estimate of drug-likeness (QED) is 0.862. The maximum absolute atomic E-state index is 5.41. The summed E-state index contributed by atoms with van der Waals surface area (Å²) in [6.07, 6.45) is 7.31. The molecular formula is C20H24N2O. The predicted octanol–water partition coefficient (Wildman–Crippen LogP) is 3.66. The van der Waals surface area contributed by atoms with E-state index >= 15 is 0 Å². The largest absolute Gasteiger partial charge is 0.497 e. The Morgan fingerprint density at radius 1 is 1.35 bits per heavy atom. The first-order valence-electron chi connectivity index (χ1n) is 8.96. The van der Waals surface area contributed by atoms with Crippen LogP contribution < -0.4 is 4.74 Å². The highest BCUT2D eigenvalue weighted by Gasteiger charge is 2.75. The van der Waals surface area contributed by atoms with E-state index in [9.17, 15) is 0 Å². The van der Waals surface area contributed by atoms with Crippen molar-refractivity contribution in [2.24, 2.45) is 11.8 Å². The van der Waals surface area contributed by atoms with Crippen LogP contribution in [0.2, 0.25) is 0 Å². The minimum absolute atomic E-state index is 0.625. The molecule has 23 heavy (non-hydrogen) atoms. The van der Waals surface area contributed by atoms with Crippen molar-refractivity contribution in [1.29, 1.82) is 0 Å². The first-order chi connectivity index (χ1) is 11.3. The Balaban J connectivity index is 1.43. The van der Waals surface area contributed by atoms with Gasteiger partial charge in [-0.2, -0.15) is 0 Å². The molecule has 3 fully saturated rings. The molecule has 2 aromatic rings. The summed E-state index contributed by atoms with van der Waals surface area (Å²) in [5.41, 5.74) is 3.13. The molecular weight excluding hydrogens is 284 g/mol. The van der Waals surface area contributed by atoms with E-state index in [-0.39, 0.29) is 0 Å². The first-order valence-corrected chi connectivity index (χ1v) is 8.96. The summed E-state index contributed by atoms with van der Waals surface area (Å²) >= 11 is 0. The fraction of sp³-hybridized carbons (Fsp3) is 0.550. The normalized spacial score (nSPS) is 34.8. The maximum Gasteiger partial charge on any atom is 0.119 e. The van der Waals surface area contributed by atoms with E-state index in [1.807, 2.05) is 12.3 Å². The van der Waals surface area contributed by atoms with Crippen LogP contribution in [-0.2, 0) is 6.42 Å². The first kappa shape index (κ1) is 13.8. The average molecular weight is 308 g/mol. The van der Waals surface area contributed by atoms with Crippen molar-refractivity contribution in [3.63, 3.8) is 0 Å². The van der Waals surface area contributed by atoms with Crippen molar-refractivity contribution >= 4 is 10.9 Å². The SMILES string of the molecule is CCC1C2CCN3[C@H](Cc4ccnc5ccc(OC)cc45)CC123. The van der Waals surface area contributed by atoms with Crippen LogP contribution in [0.25, 0.3) is 10.9 Å². The number of hydrogen-bond acceptors (Lipinski definition) is 3. The Bertz CT molecular complexity index is 767. The van der Waals surface area contributed by atoms with Gasteiger partial charge >= 0.3 is 0 Å². The van der Waals surface area contributed by atoms with Gasteiger partial charge in [0, 0.05) is 23.2 Å². The number of nitrogens with zero attached hydrogens (tertiary/aromatic N) is 2. The van der Waals surface area contributed by atoms with Crippen molar-refractivity contribution < 1.29 is 4.74 Å². The molecule has 1 aromatic carbocycles. The van der Waals surface area contributed by atoms with Gasteiger partial charge in [0.1, 0.15) is 5.75 Å². The van der Waals surface area contributed by atoms with Crippen LogP contribution in [0.5, 0.6) is 5.75 Å². The summed E-state index contributed by atoms with van der Waals surface area (Å²) in [6, 6.07) is 9.14. The second-order valence-electron chi connectivity index (χ2n) is 7.51. The fourth-order valence-electron chi connectivity index (χ4n) is 5.83. The van der Waals surface area contributed by atoms with Crippen molar-refractivity contribution in [3.05, 3.63) is 36.0 Å². The average Bonchev–Trinajstić information content (AvgIpc) is 3.13. The molecule has 3 heterocycles. The Labute approximate surface area is 137 Å². The molecule has 1 aromatic heterocycles. The van der Waals surface area contributed by atoms with Crippen molar-refractivity contribution in [2.75, 3.05) is 13.7 Å². The van der Waals surface area contributed by atoms with Gasteiger partial charge in [0.25, 0.3) is 0 Å². The lowest BCUT2D eigenvalue weighted by molar-refractivity contribution is 0.00434. The van der Waals surface area contributed by atoms with E-state index < -0.39 is 0 Å². The topological polar surface area (TPSA) is 25.4 Å². The van der Waals surface area contributed by atoms with Gasteiger partial charge in [-0.05, 0) is 67.5 Å². The lowest BCUT2D eigenvalue weighted by atomic mass is 9.84. The smallest absolute Gasteiger partial charge is 0.119 e. The number of fused-ring (bicyclic) bond motifs is 1. The van der Waals surface area contributed by atoms with Gasteiger partial charge in [-0.1, -0.05) is 13.3 Å². The number of piperidine rings is 1. The van der Waals surface area contributed by atoms with Gasteiger partial charge in [0.05, 0.1) is 12.6 Å². The summed E-state index contributed by atoms with van der Waals surface area (Å²) < 4.78 is 5.41. The predicted molar refractivity (Wildman–Crippen MR) is 91.7 cm³/mol. The van der Waals surface area contributed by atoms with Gasteiger partial charge in [-0.3, -0.25) is 9.88 Å². The molecule has 3 aliphatic rings. The van der Waals surface area contributed by atoms with E-state index in [0.717, 1.165) is 35.6 Å². The minimum Gasteiger partial charge on any atom is -0.497 e. The third-order valence-corrected chi connectivity index (χ3v) is 6.81. The molecule has 2 saturated heterocycles. The zero-order chi connectivity index (χ0) is 15.6. The molecule has 2 aliphatic heterocycles. The van der Waals surface area contributed by atoms with Crippen molar-refractivity contribution in [3.8, 4) is 5.75 Å². The minimum atomic E-state index is 0.625. The number of rotatable bonds is 4. The fourth-order valence-corrected chi connectivity index (χ4v) is 5.83. The number of pyridine rings is 1. The molecule has 3 unspecified atom stereocenters. The van der Waals surface area contributed by atoms with Crippen LogP contribution in [0.4, 0.5) is 0 Å². The van der Waals surface area contributed by atoms with Crippen LogP contribution in [0.3, 0.4) is 0 Å².